The Labute approximate surface area is 227 Å². The number of allylic oxidation sites excluding steroid dienone is 4. The minimum Gasteiger partial charge on any atom is -0.484 e. The number of nitriles is 1. The van der Waals surface area contributed by atoms with E-state index in [0.717, 1.165) is 64.9 Å². The second kappa shape index (κ2) is 11.0. The number of aromatic amines is 1. The molecule has 2 heterocycles. The molecule has 0 bridgehead atoms. The van der Waals surface area contributed by atoms with Crippen LogP contribution in [-0.2, 0) is 4.79 Å². The number of H-pyrrole nitrogens is 1. The fraction of sp³-hybridized carbons (Fsp3) is 0.258. The van der Waals surface area contributed by atoms with E-state index in [-0.39, 0.29) is 12.5 Å². The lowest BCUT2D eigenvalue weighted by atomic mass is 9.88. The first-order valence-corrected chi connectivity index (χ1v) is 13.0. The number of primary amides is 1. The molecule has 3 aromatic rings. The lowest BCUT2D eigenvalue weighted by molar-refractivity contribution is -0.122. The van der Waals surface area contributed by atoms with Crippen LogP contribution in [0.5, 0.6) is 5.75 Å². The summed E-state index contributed by atoms with van der Waals surface area (Å²) in [4.78, 5) is 30.7. The highest BCUT2D eigenvalue weighted by molar-refractivity contribution is 6.09. The maximum atomic E-state index is 12.7. The van der Waals surface area contributed by atoms with Gasteiger partial charge in [0.25, 0.3) is 11.8 Å². The van der Waals surface area contributed by atoms with Crippen molar-refractivity contribution in [3.05, 3.63) is 88.3 Å². The van der Waals surface area contributed by atoms with E-state index in [4.69, 9.17) is 15.7 Å². The Bertz CT molecular complexity index is 1580. The molecule has 39 heavy (non-hydrogen) atoms. The van der Waals surface area contributed by atoms with Crippen molar-refractivity contribution in [2.24, 2.45) is 5.73 Å². The maximum Gasteiger partial charge on any atom is 0.262 e. The van der Waals surface area contributed by atoms with Gasteiger partial charge in [0, 0.05) is 29.9 Å². The molecule has 0 saturated heterocycles. The highest BCUT2D eigenvalue weighted by atomic mass is 16.5. The Morgan fingerprint density at radius 3 is 2.64 bits per heavy atom. The summed E-state index contributed by atoms with van der Waals surface area (Å²) in [6.07, 6.45) is 6.80. The second-order valence-electron chi connectivity index (χ2n) is 9.97. The van der Waals surface area contributed by atoms with E-state index < -0.39 is 5.91 Å². The summed E-state index contributed by atoms with van der Waals surface area (Å²) in [5, 5.41) is 12.9. The SMILES string of the molecule is CC1=C(NC(=O)COc2ccc(C#N)cc2)CCC=C1c1ccc(C(N)=O)c2[nH]c(C3=CCN(C)CC3)cc12. The van der Waals surface area contributed by atoms with Gasteiger partial charge in [-0.3, -0.25) is 9.59 Å². The third kappa shape index (κ3) is 5.49. The number of amides is 2. The van der Waals surface area contributed by atoms with Gasteiger partial charge in [0.05, 0.1) is 22.7 Å². The predicted octanol–water partition coefficient (Wildman–Crippen LogP) is 4.50. The van der Waals surface area contributed by atoms with Crippen molar-refractivity contribution in [2.75, 3.05) is 26.7 Å². The number of ether oxygens (including phenoxy) is 1. The summed E-state index contributed by atoms with van der Waals surface area (Å²) in [6, 6.07) is 14.5. The van der Waals surface area contributed by atoms with E-state index in [9.17, 15) is 9.59 Å². The van der Waals surface area contributed by atoms with Gasteiger partial charge < -0.3 is 25.7 Å². The van der Waals surface area contributed by atoms with Gasteiger partial charge in [0.2, 0.25) is 0 Å². The number of hydrogen-bond acceptors (Lipinski definition) is 5. The average molecular weight is 522 g/mol. The quantitative estimate of drug-likeness (QED) is 0.422. The minimum atomic E-state index is -0.475. The van der Waals surface area contributed by atoms with Crippen LogP contribution in [0.3, 0.4) is 0 Å². The number of hydrogen-bond donors (Lipinski definition) is 3. The van der Waals surface area contributed by atoms with E-state index >= 15 is 0 Å². The van der Waals surface area contributed by atoms with Crippen molar-refractivity contribution in [3.8, 4) is 11.8 Å². The third-order valence-corrected chi connectivity index (χ3v) is 7.35. The summed E-state index contributed by atoms with van der Waals surface area (Å²) in [7, 11) is 2.10. The van der Waals surface area contributed by atoms with Crippen molar-refractivity contribution < 1.29 is 14.3 Å². The fourth-order valence-electron chi connectivity index (χ4n) is 5.16. The molecule has 0 saturated carbocycles. The van der Waals surface area contributed by atoms with Crippen LogP contribution in [-0.4, -0.2) is 48.4 Å². The van der Waals surface area contributed by atoms with Crippen molar-refractivity contribution in [1.29, 1.82) is 5.26 Å². The Morgan fingerprint density at radius 1 is 1.15 bits per heavy atom. The molecule has 198 valence electrons. The van der Waals surface area contributed by atoms with Crippen molar-refractivity contribution in [2.45, 2.75) is 26.2 Å². The molecule has 2 amide bonds. The Kier molecular flexibility index (Phi) is 7.35. The van der Waals surface area contributed by atoms with E-state index in [1.807, 2.05) is 13.0 Å². The summed E-state index contributed by atoms with van der Waals surface area (Å²) in [6.45, 7) is 3.72. The largest absolute Gasteiger partial charge is 0.484 e. The molecule has 0 spiro atoms. The number of rotatable bonds is 7. The molecule has 8 nitrogen and oxygen atoms in total. The lowest BCUT2D eigenvalue weighted by Gasteiger charge is -2.21. The zero-order valence-corrected chi connectivity index (χ0v) is 22.1. The normalized spacial score (nSPS) is 15.9. The molecule has 4 N–H and O–H groups in total. The molecule has 0 atom stereocenters. The highest BCUT2D eigenvalue weighted by Gasteiger charge is 2.22. The standard InChI is InChI=1S/C31H31N5O3/c1-19-23(4-3-5-27(19)34-29(37)18-39-22-8-6-20(17-32)7-9-22)24-10-11-25(31(33)38)30-26(24)16-28(35-30)21-12-14-36(2)15-13-21/h4,6-12,16,35H,3,5,13-15,18H2,1-2H3,(H2,33,38)(H,34,37). The zero-order chi connectivity index (χ0) is 27.5. The number of nitrogens with zero attached hydrogens (tertiary/aromatic N) is 2. The molecule has 1 aromatic heterocycles. The molecule has 0 fully saturated rings. The predicted molar refractivity (Wildman–Crippen MR) is 152 cm³/mol. The van der Waals surface area contributed by atoms with Crippen LogP contribution in [0, 0.1) is 11.3 Å². The molecule has 8 heteroatoms. The monoisotopic (exact) mass is 521 g/mol. The van der Waals surface area contributed by atoms with Crippen LogP contribution in [0.15, 0.2) is 65.9 Å². The number of nitrogens with two attached hydrogens (primary N) is 1. The van der Waals surface area contributed by atoms with Gasteiger partial charge in [-0.05, 0) is 91.9 Å². The first kappa shape index (κ1) is 26.0. The average Bonchev–Trinajstić information content (AvgIpc) is 3.39. The maximum absolute atomic E-state index is 12.7. The van der Waals surface area contributed by atoms with Crippen LogP contribution < -0.4 is 15.8 Å². The van der Waals surface area contributed by atoms with E-state index in [1.165, 1.54) is 5.57 Å². The van der Waals surface area contributed by atoms with E-state index in [1.54, 1.807) is 30.3 Å². The fourth-order valence-corrected chi connectivity index (χ4v) is 5.16. The molecule has 2 aromatic carbocycles. The van der Waals surface area contributed by atoms with Crippen molar-refractivity contribution in [1.82, 2.24) is 15.2 Å². The van der Waals surface area contributed by atoms with Crippen molar-refractivity contribution in [3.63, 3.8) is 0 Å². The van der Waals surface area contributed by atoms with Crippen LogP contribution in [0.1, 0.15) is 53.4 Å². The van der Waals surface area contributed by atoms with E-state index in [0.29, 0.717) is 23.3 Å². The number of likely N-dealkylation sites (N-methyl/N-ethyl adjacent to an activating group) is 1. The van der Waals surface area contributed by atoms with Gasteiger partial charge in [-0.25, -0.2) is 0 Å². The molecular formula is C31H31N5O3. The number of carbonyl (C=O) groups excluding carboxylic acids is 2. The summed E-state index contributed by atoms with van der Waals surface area (Å²) >= 11 is 0. The summed E-state index contributed by atoms with van der Waals surface area (Å²) < 4.78 is 5.60. The van der Waals surface area contributed by atoms with Crippen LogP contribution >= 0.6 is 0 Å². The molecule has 2 aliphatic rings. The molecule has 5 rings (SSSR count). The van der Waals surface area contributed by atoms with Crippen molar-refractivity contribution >= 4 is 33.9 Å². The smallest absolute Gasteiger partial charge is 0.262 e. The van der Waals surface area contributed by atoms with E-state index in [2.05, 4.69) is 46.5 Å². The van der Waals surface area contributed by atoms with Gasteiger partial charge in [-0.2, -0.15) is 5.26 Å². The van der Waals surface area contributed by atoms with Crippen LogP contribution in [0.4, 0.5) is 0 Å². The lowest BCUT2D eigenvalue weighted by Crippen LogP contribution is -2.29. The number of benzene rings is 2. The topological polar surface area (TPSA) is 124 Å². The number of fused-ring (bicyclic) bond motifs is 1. The number of carbonyl (C=O) groups is 2. The molecule has 1 aliphatic carbocycles. The van der Waals surface area contributed by atoms with Gasteiger partial charge in [-0.15, -0.1) is 0 Å². The molecular weight excluding hydrogens is 490 g/mol. The molecule has 0 unspecified atom stereocenters. The highest BCUT2D eigenvalue weighted by Crippen LogP contribution is 2.37. The Balaban J connectivity index is 1.41. The first-order valence-electron chi connectivity index (χ1n) is 13.0. The van der Waals surface area contributed by atoms with Gasteiger partial charge in [0.1, 0.15) is 5.75 Å². The van der Waals surface area contributed by atoms with Crippen LogP contribution in [0.2, 0.25) is 0 Å². The first-order chi connectivity index (χ1) is 18.8. The Hall–Kier alpha value is -4.61. The van der Waals surface area contributed by atoms with Crippen LogP contribution in [0.25, 0.3) is 22.0 Å². The molecule has 0 radical (unpaired) electrons. The third-order valence-electron chi connectivity index (χ3n) is 7.35. The summed E-state index contributed by atoms with van der Waals surface area (Å²) in [5.74, 6) is -0.196. The summed E-state index contributed by atoms with van der Waals surface area (Å²) in [5.41, 5.74) is 13.5. The van der Waals surface area contributed by atoms with Gasteiger partial charge >= 0.3 is 0 Å². The number of nitrogens with one attached hydrogen (secondary N) is 2. The minimum absolute atomic E-state index is 0.134. The molecule has 1 aliphatic heterocycles. The van der Waals surface area contributed by atoms with Gasteiger partial charge in [0.15, 0.2) is 6.61 Å². The Morgan fingerprint density at radius 2 is 1.95 bits per heavy atom. The zero-order valence-electron chi connectivity index (χ0n) is 22.1. The number of aromatic nitrogens is 1. The second-order valence-corrected chi connectivity index (χ2v) is 9.97. The van der Waals surface area contributed by atoms with Gasteiger partial charge in [-0.1, -0.05) is 18.2 Å².